The Morgan fingerprint density at radius 1 is 0.276 bits per heavy atom. The van der Waals surface area contributed by atoms with Gasteiger partial charge >= 0.3 is 11.9 Å². The Kier molecular flexibility index (Phi) is 76.6. The lowest BCUT2D eigenvalue weighted by Crippen LogP contribution is -2.54. The molecule has 10 nitrogen and oxygen atoms in total. The summed E-state index contributed by atoms with van der Waals surface area (Å²) < 4.78 is 40.3. The first kappa shape index (κ1) is 94.6. The highest BCUT2D eigenvalue weighted by Gasteiger charge is 2.42. The van der Waals surface area contributed by atoms with Crippen molar-refractivity contribution < 1.29 is 38.0 Å². The van der Waals surface area contributed by atoms with E-state index in [-0.39, 0.29) is 38.0 Å². The molecule has 0 rings (SSSR count). The van der Waals surface area contributed by atoms with Crippen molar-refractivity contribution in [2.45, 2.75) is 373 Å². The zero-order chi connectivity index (χ0) is 71.2. The van der Waals surface area contributed by atoms with Crippen molar-refractivity contribution in [3.8, 4) is 0 Å². The van der Waals surface area contributed by atoms with Crippen LogP contribution in [0.5, 0.6) is 0 Å². The number of esters is 2. The highest BCUT2D eigenvalue weighted by atomic mass is 16.6. The molecule has 0 amide bonds. The van der Waals surface area contributed by atoms with Crippen molar-refractivity contribution in [2.75, 3.05) is 80.9 Å². The van der Waals surface area contributed by atoms with Gasteiger partial charge in [-0.3, -0.25) is 9.59 Å². The molecular weight excluding hydrogens is 1210 g/mol. The van der Waals surface area contributed by atoms with Crippen molar-refractivity contribution in [1.82, 2.24) is 9.80 Å². The summed E-state index contributed by atoms with van der Waals surface area (Å²) in [5.74, 6) is -0.728. The number of carbonyl (C=O) groups excluding carboxylic acids is 2. The molecule has 4 atom stereocenters. The Morgan fingerprint density at radius 2 is 0.490 bits per heavy atom. The number of hydrogen-bond acceptors (Lipinski definition) is 10. The second kappa shape index (κ2) is 79.3. The van der Waals surface area contributed by atoms with Gasteiger partial charge in [-0.2, -0.15) is 0 Å². The summed E-state index contributed by atoms with van der Waals surface area (Å²) >= 11 is 0. The van der Waals surface area contributed by atoms with Crippen LogP contribution in [-0.4, -0.2) is 127 Å². The van der Waals surface area contributed by atoms with Crippen LogP contribution in [-0.2, 0) is 38.0 Å². The molecule has 0 fully saturated rings. The van der Waals surface area contributed by atoms with Crippen LogP contribution in [0.3, 0.4) is 0 Å². The molecule has 0 aromatic carbocycles. The minimum absolute atomic E-state index is 0.180. The van der Waals surface area contributed by atoms with Crippen molar-refractivity contribution >= 4 is 11.9 Å². The summed E-state index contributed by atoms with van der Waals surface area (Å²) in [4.78, 5) is 32.5. The molecule has 0 saturated carbocycles. The highest BCUT2D eigenvalue weighted by Crippen LogP contribution is 2.24. The van der Waals surface area contributed by atoms with E-state index in [4.69, 9.17) is 28.4 Å². The minimum atomic E-state index is -0.986. The average Bonchev–Trinajstić information content (AvgIpc) is 0.835. The summed E-state index contributed by atoms with van der Waals surface area (Å²) in [6.45, 7) is 12.6. The third kappa shape index (κ3) is 71.0. The maximum Gasteiger partial charge on any atom is 0.307 e. The predicted molar refractivity (Wildman–Crippen MR) is 425 cm³/mol. The number of allylic oxidation sites excluding steroid dienone is 16. The van der Waals surface area contributed by atoms with Crippen molar-refractivity contribution in [3.63, 3.8) is 0 Å². The van der Waals surface area contributed by atoms with E-state index < -0.39 is 24.4 Å². The number of carbonyl (C=O) groups is 2. The molecule has 0 heterocycles. The quantitative estimate of drug-likeness (QED) is 0.0333. The summed E-state index contributed by atoms with van der Waals surface area (Å²) in [7, 11) is 7.85. The van der Waals surface area contributed by atoms with Gasteiger partial charge in [-0.05, 0) is 182 Å². The van der Waals surface area contributed by atoms with Gasteiger partial charge in [0.1, 0.15) is 12.2 Å². The van der Waals surface area contributed by atoms with E-state index in [1.165, 1.54) is 193 Å². The van der Waals surface area contributed by atoms with Crippen molar-refractivity contribution in [1.29, 1.82) is 0 Å². The summed E-state index contributed by atoms with van der Waals surface area (Å²) in [5.41, 5.74) is 0. The van der Waals surface area contributed by atoms with Crippen LogP contribution < -0.4 is 0 Å². The summed E-state index contributed by atoms with van der Waals surface area (Å²) in [6.07, 6.45) is 90.2. The first-order valence-electron chi connectivity index (χ1n) is 41.5. The Balaban J connectivity index is 6.50. The Labute approximate surface area is 607 Å². The fourth-order valence-corrected chi connectivity index (χ4v) is 11.7. The first-order valence-corrected chi connectivity index (χ1v) is 41.5. The maximum atomic E-state index is 14.2. The number of nitrogens with zero attached hydrogens (tertiary/aromatic N) is 2. The van der Waals surface area contributed by atoms with E-state index in [1.54, 1.807) is 0 Å². The van der Waals surface area contributed by atoms with Gasteiger partial charge in [0.2, 0.25) is 0 Å². The number of hydrogen-bond donors (Lipinski definition) is 0. The van der Waals surface area contributed by atoms with Gasteiger partial charge in [0.15, 0.2) is 12.2 Å². The second-order valence-electron chi connectivity index (χ2n) is 28.3. The smallest absolute Gasteiger partial charge is 0.307 e. The van der Waals surface area contributed by atoms with Crippen LogP contribution in [0.15, 0.2) is 97.2 Å². The Hall–Kier alpha value is -3.38. The van der Waals surface area contributed by atoms with Gasteiger partial charge in [0.25, 0.3) is 0 Å². The monoisotopic (exact) mass is 1370 g/mol. The van der Waals surface area contributed by atoms with E-state index in [0.717, 1.165) is 116 Å². The minimum Gasteiger partial charge on any atom is -0.455 e. The molecule has 0 aromatic rings. The third-order valence-electron chi connectivity index (χ3n) is 18.0. The predicted octanol–water partition coefficient (Wildman–Crippen LogP) is 24.8. The molecular formula is C88H160N2O8. The SMILES string of the molecule is CCCCC/C=C\C/C=C\CCCCCCCCOC[C@@H](OCCCCCCCC/C=C\C/C=C\CCCCC)[C@@H](OC(=O)CCN(C)C)[C@H](OC(=O)CCN(C)C)[C@@H](COCCCCCCCC/C=C\C/C=C\CCCCC)OCCCCCCCC/C=C\C/C=C\CCCCC. The lowest BCUT2D eigenvalue weighted by molar-refractivity contribution is -0.206. The number of unbranched alkanes of at least 4 members (excludes halogenated alkanes) is 36. The zero-order valence-electron chi connectivity index (χ0n) is 65.7. The van der Waals surface area contributed by atoms with Crippen LogP contribution in [0.2, 0.25) is 0 Å². The standard InChI is InChI=1S/C88H160N2O8/c1-9-13-17-21-25-29-33-37-41-45-49-53-57-61-65-69-77-93-81-83(95-79-71-67-63-59-55-51-47-43-39-35-31-27-23-19-15-11-3)87(97-85(91)73-75-89(5)6)88(98-86(92)74-76-90(7)8)84(96-80-72-68-64-60-56-52-48-44-40-36-32-28-24-20-16-12-4)82-94-78-70-66-62-58-54-50-46-42-38-34-30-26-22-18-14-10-2/h25-32,37-44,83-84,87-88H,9-24,33-36,45-82H2,1-8H3/b29-25-,30-26-,31-27-,32-28-,41-37-,42-38-,43-39-,44-40-/t83-,84-,87-,88-/m1/s1. The molecule has 0 bridgehead atoms. The molecule has 0 aromatic heterocycles. The van der Waals surface area contributed by atoms with Crippen LogP contribution >= 0.6 is 0 Å². The Bertz CT molecular complexity index is 1770. The molecule has 0 aliphatic heterocycles. The topological polar surface area (TPSA) is 96.0 Å². The van der Waals surface area contributed by atoms with Gasteiger partial charge in [-0.25, -0.2) is 0 Å². The van der Waals surface area contributed by atoms with Crippen LogP contribution in [0.4, 0.5) is 0 Å². The summed E-state index contributed by atoms with van der Waals surface area (Å²) in [6, 6.07) is 0. The van der Waals surface area contributed by atoms with Crippen molar-refractivity contribution in [2.24, 2.45) is 0 Å². The van der Waals surface area contributed by atoms with E-state index >= 15 is 0 Å². The van der Waals surface area contributed by atoms with E-state index in [1.807, 2.05) is 38.0 Å². The van der Waals surface area contributed by atoms with Crippen LogP contribution in [0.25, 0.3) is 0 Å². The maximum absolute atomic E-state index is 14.2. The fourth-order valence-electron chi connectivity index (χ4n) is 11.7. The van der Waals surface area contributed by atoms with Gasteiger partial charge in [0.05, 0.1) is 26.1 Å². The molecule has 10 heteroatoms. The molecule has 0 saturated heterocycles. The normalized spacial score (nSPS) is 13.8. The van der Waals surface area contributed by atoms with E-state index in [9.17, 15) is 9.59 Å². The second-order valence-corrected chi connectivity index (χ2v) is 28.3. The van der Waals surface area contributed by atoms with Gasteiger partial charge < -0.3 is 38.2 Å². The van der Waals surface area contributed by atoms with E-state index in [2.05, 4.69) is 125 Å². The van der Waals surface area contributed by atoms with E-state index in [0.29, 0.717) is 39.5 Å². The largest absolute Gasteiger partial charge is 0.455 e. The average molecular weight is 1370 g/mol. The molecule has 0 spiro atoms. The molecule has 0 aliphatic rings. The van der Waals surface area contributed by atoms with Gasteiger partial charge in [-0.1, -0.05) is 279 Å². The molecule has 570 valence electrons. The lowest BCUT2D eigenvalue weighted by Gasteiger charge is -2.37. The summed E-state index contributed by atoms with van der Waals surface area (Å²) in [5, 5.41) is 0. The zero-order valence-corrected chi connectivity index (χ0v) is 65.7. The first-order chi connectivity index (χ1) is 48.2. The van der Waals surface area contributed by atoms with Crippen LogP contribution in [0, 0.1) is 0 Å². The van der Waals surface area contributed by atoms with Crippen LogP contribution in [0.1, 0.15) is 349 Å². The lowest BCUT2D eigenvalue weighted by atomic mass is 10.0. The molecule has 0 unspecified atom stereocenters. The number of rotatable bonds is 77. The third-order valence-corrected chi connectivity index (χ3v) is 18.0. The number of ether oxygens (including phenoxy) is 6. The fraction of sp³-hybridized carbons (Fsp3) is 0.795. The molecule has 0 aliphatic carbocycles. The molecule has 0 radical (unpaired) electrons. The molecule has 0 N–H and O–H groups in total. The molecule has 98 heavy (non-hydrogen) atoms. The van der Waals surface area contributed by atoms with Gasteiger partial charge in [-0.15, -0.1) is 0 Å². The van der Waals surface area contributed by atoms with Gasteiger partial charge in [0, 0.05) is 39.5 Å². The highest BCUT2D eigenvalue weighted by molar-refractivity contribution is 5.71. The van der Waals surface area contributed by atoms with Crippen molar-refractivity contribution in [3.05, 3.63) is 97.2 Å². The Morgan fingerprint density at radius 3 is 0.724 bits per heavy atom.